The lowest BCUT2D eigenvalue weighted by Crippen LogP contribution is -2.54. The highest BCUT2D eigenvalue weighted by molar-refractivity contribution is 7.90. The molecule has 0 aliphatic carbocycles. The highest BCUT2D eigenvalue weighted by Crippen LogP contribution is 2.13. The van der Waals surface area contributed by atoms with Gasteiger partial charge in [-0.2, -0.15) is 0 Å². The standard InChI is InChI=1S/C21H24FN3O6S/c1-14(31-17-10-8-16(22)9-11-17)19(26)24-25-21(28)18(12-13-32(2,29)30)23-20(27)15-6-4-3-5-7-15/h3-11,14,18H,12-13H2,1-2H3,(H,23,27)(H,24,26)(H,25,28)/t14-,18+/m1/s1. The molecule has 0 saturated carbocycles. The molecule has 0 aliphatic rings. The summed E-state index contributed by atoms with van der Waals surface area (Å²) in [6.07, 6.45) is -0.216. The Bertz CT molecular complexity index is 1040. The summed E-state index contributed by atoms with van der Waals surface area (Å²) in [7, 11) is -3.40. The number of sulfone groups is 1. The minimum Gasteiger partial charge on any atom is -0.481 e. The van der Waals surface area contributed by atoms with Crippen LogP contribution >= 0.6 is 0 Å². The minimum absolute atomic E-state index is 0.194. The van der Waals surface area contributed by atoms with Crippen molar-refractivity contribution in [2.24, 2.45) is 0 Å². The maximum Gasteiger partial charge on any atom is 0.279 e. The highest BCUT2D eigenvalue weighted by Gasteiger charge is 2.24. The Morgan fingerprint density at radius 1 is 0.969 bits per heavy atom. The van der Waals surface area contributed by atoms with Crippen LogP contribution in [0.5, 0.6) is 5.75 Å². The number of hydrogen-bond acceptors (Lipinski definition) is 6. The van der Waals surface area contributed by atoms with Crippen LogP contribution in [-0.4, -0.2) is 50.3 Å². The number of halogens is 1. The molecule has 0 fully saturated rings. The monoisotopic (exact) mass is 465 g/mol. The average Bonchev–Trinajstić information content (AvgIpc) is 2.76. The zero-order valence-corrected chi connectivity index (χ0v) is 18.3. The summed E-state index contributed by atoms with van der Waals surface area (Å²) in [5, 5.41) is 2.47. The molecule has 0 heterocycles. The van der Waals surface area contributed by atoms with Crippen molar-refractivity contribution in [3.8, 4) is 5.75 Å². The molecule has 2 rings (SSSR count). The van der Waals surface area contributed by atoms with Crippen molar-refractivity contribution in [2.75, 3.05) is 12.0 Å². The maximum absolute atomic E-state index is 13.0. The molecule has 0 bridgehead atoms. The molecule has 0 radical (unpaired) electrons. The van der Waals surface area contributed by atoms with Crippen LogP contribution in [0.1, 0.15) is 23.7 Å². The molecule has 3 amide bonds. The minimum atomic E-state index is -3.40. The number of hydrazine groups is 1. The number of carbonyl (C=O) groups excluding carboxylic acids is 3. The SMILES string of the molecule is C[C@@H](Oc1ccc(F)cc1)C(=O)NNC(=O)[C@H](CCS(C)(=O)=O)NC(=O)c1ccccc1. The second-order valence-electron chi connectivity index (χ2n) is 7.00. The number of amides is 3. The quantitative estimate of drug-likeness (QED) is 0.473. The Morgan fingerprint density at radius 3 is 2.16 bits per heavy atom. The van der Waals surface area contributed by atoms with E-state index in [1.165, 1.54) is 43.3 Å². The van der Waals surface area contributed by atoms with Crippen LogP contribution in [0.3, 0.4) is 0 Å². The molecular formula is C21H24FN3O6S. The van der Waals surface area contributed by atoms with Crippen LogP contribution in [0.25, 0.3) is 0 Å². The first kappa shape index (κ1) is 24.8. The van der Waals surface area contributed by atoms with Gasteiger partial charge in [-0.05, 0) is 49.7 Å². The first-order chi connectivity index (χ1) is 15.0. The third kappa shape index (κ3) is 8.34. The van der Waals surface area contributed by atoms with Crippen molar-refractivity contribution in [3.05, 3.63) is 66.0 Å². The predicted molar refractivity (Wildman–Crippen MR) is 115 cm³/mol. The van der Waals surface area contributed by atoms with E-state index in [0.29, 0.717) is 0 Å². The summed E-state index contributed by atoms with van der Waals surface area (Å²) in [6, 6.07) is 11.9. The fraction of sp³-hybridized carbons (Fsp3) is 0.286. The first-order valence-corrected chi connectivity index (χ1v) is 11.7. The number of nitrogens with one attached hydrogen (secondary N) is 3. The predicted octanol–water partition coefficient (Wildman–Crippen LogP) is 0.974. The number of hydrogen-bond donors (Lipinski definition) is 3. The molecule has 172 valence electrons. The second kappa shape index (κ2) is 11.2. The molecule has 32 heavy (non-hydrogen) atoms. The van der Waals surface area contributed by atoms with Gasteiger partial charge in [-0.3, -0.25) is 25.2 Å². The lowest BCUT2D eigenvalue weighted by Gasteiger charge is -2.20. The average molecular weight is 466 g/mol. The van der Waals surface area contributed by atoms with Gasteiger partial charge in [0.2, 0.25) is 0 Å². The largest absolute Gasteiger partial charge is 0.481 e. The fourth-order valence-corrected chi connectivity index (χ4v) is 3.18. The molecule has 2 aromatic carbocycles. The van der Waals surface area contributed by atoms with E-state index < -0.39 is 45.5 Å². The van der Waals surface area contributed by atoms with Crippen LogP contribution in [0, 0.1) is 5.82 Å². The van der Waals surface area contributed by atoms with Gasteiger partial charge >= 0.3 is 0 Å². The zero-order valence-electron chi connectivity index (χ0n) is 17.5. The summed E-state index contributed by atoms with van der Waals surface area (Å²) in [5.41, 5.74) is 4.62. The van der Waals surface area contributed by atoms with E-state index in [4.69, 9.17) is 4.74 Å². The maximum atomic E-state index is 13.0. The Morgan fingerprint density at radius 2 is 1.56 bits per heavy atom. The highest BCUT2D eigenvalue weighted by atomic mass is 32.2. The van der Waals surface area contributed by atoms with Crippen molar-refractivity contribution in [2.45, 2.75) is 25.5 Å². The molecule has 11 heteroatoms. The van der Waals surface area contributed by atoms with Crippen molar-refractivity contribution in [1.29, 1.82) is 0 Å². The molecule has 0 spiro atoms. The molecular weight excluding hydrogens is 441 g/mol. The van der Waals surface area contributed by atoms with Crippen molar-refractivity contribution >= 4 is 27.6 Å². The third-order valence-corrected chi connectivity index (χ3v) is 5.22. The topological polar surface area (TPSA) is 131 Å². The fourth-order valence-electron chi connectivity index (χ4n) is 2.51. The Kier molecular flexibility index (Phi) is 8.71. The van der Waals surface area contributed by atoms with E-state index in [1.54, 1.807) is 18.2 Å². The van der Waals surface area contributed by atoms with E-state index in [-0.39, 0.29) is 23.5 Å². The van der Waals surface area contributed by atoms with Crippen LogP contribution < -0.4 is 20.9 Å². The lowest BCUT2D eigenvalue weighted by atomic mass is 10.1. The Balaban J connectivity index is 1.97. The van der Waals surface area contributed by atoms with Gasteiger partial charge in [-0.1, -0.05) is 18.2 Å². The van der Waals surface area contributed by atoms with Gasteiger partial charge in [0.05, 0.1) is 5.75 Å². The molecule has 0 unspecified atom stereocenters. The number of benzene rings is 2. The van der Waals surface area contributed by atoms with E-state index in [9.17, 15) is 27.2 Å². The lowest BCUT2D eigenvalue weighted by molar-refractivity contribution is -0.133. The van der Waals surface area contributed by atoms with Gasteiger partial charge in [0.25, 0.3) is 17.7 Å². The van der Waals surface area contributed by atoms with E-state index in [1.807, 2.05) is 0 Å². The molecule has 0 saturated heterocycles. The van der Waals surface area contributed by atoms with E-state index in [2.05, 4.69) is 16.2 Å². The first-order valence-electron chi connectivity index (χ1n) is 9.61. The van der Waals surface area contributed by atoms with Crippen LogP contribution in [0.4, 0.5) is 4.39 Å². The molecule has 3 N–H and O–H groups in total. The molecule has 0 aliphatic heterocycles. The van der Waals surface area contributed by atoms with Crippen LogP contribution in [0.2, 0.25) is 0 Å². The van der Waals surface area contributed by atoms with E-state index >= 15 is 0 Å². The second-order valence-corrected chi connectivity index (χ2v) is 9.26. The van der Waals surface area contributed by atoms with Crippen molar-refractivity contribution in [1.82, 2.24) is 16.2 Å². The summed E-state index contributed by atoms with van der Waals surface area (Å²) >= 11 is 0. The summed E-state index contributed by atoms with van der Waals surface area (Å²) in [4.78, 5) is 37.1. The van der Waals surface area contributed by atoms with E-state index in [0.717, 1.165) is 6.26 Å². The Labute approximate surface area is 185 Å². The molecule has 2 aromatic rings. The smallest absolute Gasteiger partial charge is 0.279 e. The summed E-state index contributed by atoms with van der Waals surface area (Å²) in [5.74, 6) is -2.64. The number of rotatable bonds is 9. The molecule has 0 aromatic heterocycles. The van der Waals surface area contributed by atoms with Gasteiger partial charge in [-0.25, -0.2) is 12.8 Å². The van der Waals surface area contributed by atoms with Gasteiger partial charge < -0.3 is 10.1 Å². The van der Waals surface area contributed by atoms with Crippen molar-refractivity contribution in [3.63, 3.8) is 0 Å². The number of ether oxygens (including phenoxy) is 1. The molecule has 2 atom stereocenters. The van der Waals surface area contributed by atoms with Crippen molar-refractivity contribution < 1.29 is 31.9 Å². The summed E-state index contributed by atoms with van der Waals surface area (Å²) in [6.45, 7) is 1.42. The number of carbonyl (C=O) groups is 3. The third-order valence-electron chi connectivity index (χ3n) is 4.24. The van der Waals surface area contributed by atoms with Gasteiger partial charge in [-0.15, -0.1) is 0 Å². The summed E-state index contributed by atoms with van der Waals surface area (Å²) < 4.78 is 41.3. The van der Waals surface area contributed by atoms with Gasteiger partial charge in [0.1, 0.15) is 27.4 Å². The normalized spacial score (nSPS) is 12.8. The van der Waals surface area contributed by atoms with Gasteiger partial charge in [0, 0.05) is 11.8 Å². The zero-order chi connectivity index (χ0) is 23.7. The van der Waals surface area contributed by atoms with Crippen LogP contribution in [-0.2, 0) is 19.4 Å². The molecule has 9 nitrogen and oxygen atoms in total. The van der Waals surface area contributed by atoms with Gasteiger partial charge in [0.15, 0.2) is 6.10 Å². The Hall–Kier alpha value is -3.47. The van der Waals surface area contributed by atoms with Crippen LogP contribution in [0.15, 0.2) is 54.6 Å².